The van der Waals surface area contributed by atoms with Gasteiger partial charge in [0.15, 0.2) is 5.95 Å². The smallest absolute Gasteiger partial charge is 0.323 e. The van der Waals surface area contributed by atoms with E-state index >= 15 is 0 Å². The molecule has 1 atom stereocenters. The maximum Gasteiger partial charge on any atom is 0.323 e. The Balaban J connectivity index is 1.13. The minimum atomic E-state index is -4.42. The van der Waals surface area contributed by atoms with Gasteiger partial charge < -0.3 is 36.0 Å². The number of benzene rings is 3. The Morgan fingerprint density at radius 1 is 0.891 bits per heavy atom. The predicted molar refractivity (Wildman–Crippen MR) is 237 cm³/mol. The number of nitrogens with one attached hydrogen (secondary N) is 7. The summed E-state index contributed by atoms with van der Waals surface area (Å²) in [5.41, 5.74) is 8.19. The Morgan fingerprint density at radius 2 is 1.64 bits per heavy atom. The number of aliphatic carboxylic acids is 1. The average molecular weight is 915 g/mol. The molecule has 0 spiro atoms. The molecule has 3 heterocycles. The third-order valence-corrected chi connectivity index (χ3v) is 12.6. The van der Waals surface area contributed by atoms with Crippen molar-refractivity contribution in [1.82, 2.24) is 40.3 Å². The number of imidazole rings is 1. The van der Waals surface area contributed by atoms with Crippen LogP contribution in [0, 0.1) is 20.8 Å². The summed E-state index contributed by atoms with van der Waals surface area (Å²) in [7, 11) is -8.75. The SMILES string of the molecule is Cc1cc(C)c(S(=O)(=O)N[C@@H](CNC(=O)c2cn(CCCNC(=O)c3ccc(NNCc4ccccc4S(=O)(=O)O)nc3)c3cc(CNc4ncc[nH]4)ccc3c2=O)C(=O)O)c(C)c1. The zero-order valence-electron chi connectivity index (χ0n) is 34.8. The number of H-pyrrole nitrogens is 1. The number of aromatic nitrogens is 4. The van der Waals surface area contributed by atoms with Gasteiger partial charge in [-0.15, -0.1) is 0 Å². The number of aromatic amines is 1. The highest BCUT2D eigenvalue weighted by molar-refractivity contribution is 7.89. The summed E-state index contributed by atoms with van der Waals surface area (Å²) in [4.78, 5) is 63.7. The summed E-state index contributed by atoms with van der Waals surface area (Å²) in [6.45, 7) is 5.08. The van der Waals surface area contributed by atoms with Crippen LogP contribution in [0.2, 0.25) is 0 Å². The fraction of sp³-hybridized carbons (Fsp3) is 0.238. The van der Waals surface area contributed by atoms with Gasteiger partial charge in [-0.3, -0.25) is 23.7 Å². The van der Waals surface area contributed by atoms with Crippen LogP contribution in [0.5, 0.6) is 0 Å². The summed E-state index contributed by atoms with van der Waals surface area (Å²) in [6, 6.07) is 15.6. The molecule has 0 saturated carbocycles. The fourth-order valence-corrected chi connectivity index (χ4v) is 9.40. The minimum absolute atomic E-state index is 0.0314. The van der Waals surface area contributed by atoms with Gasteiger partial charge in [-0.05, 0) is 79.8 Å². The van der Waals surface area contributed by atoms with Crippen molar-refractivity contribution in [3.63, 3.8) is 0 Å². The maximum absolute atomic E-state index is 13.8. The molecule has 0 aliphatic carbocycles. The highest BCUT2D eigenvalue weighted by Crippen LogP contribution is 2.22. The molecule has 0 aliphatic rings. The van der Waals surface area contributed by atoms with Crippen LogP contribution in [-0.4, -0.2) is 82.9 Å². The first kappa shape index (κ1) is 46.5. The zero-order valence-corrected chi connectivity index (χ0v) is 36.4. The summed E-state index contributed by atoms with van der Waals surface area (Å²) in [5, 5.41) is 18.5. The first-order valence-electron chi connectivity index (χ1n) is 19.7. The van der Waals surface area contributed by atoms with Crippen molar-refractivity contribution < 1.29 is 40.9 Å². The molecular weight excluding hydrogens is 869 g/mol. The van der Waals surface area contributed by atoms with Crippen molar-refractivity contribution in [2.24, 2.45) is 0 Å². The van der Waals surface area contributed by atoms with E-state index in [1.807, 2.05) is 0 Å². The summed E-state index contributed by atoms with van der Waals surface area (Å²) in [6.07, 6.45) is 6.27. The van der Waals surface area contributed by atoms with E-state index in [0.29, 0.717) is 46.9 Å². The Kier molecular flexibility index (Phi) is 14.6. The largest absolute Gasteiger partial charge is 0.480 e. The van der Waals surface area contributed by atoms with Crippen LogP contribution in [0.15, 0.2) is 106 Å². The van der Waals surface area contributed by atoms with E-state index in [1.165, 1.54) is 42.7 Å². The van der Waals surface area contributed by atoms with E-state index in [4.69, 9.17) is 0 Å². The number of rotatable bonds is 20. The van der Waals surface area contributed by atoms with E-state index in [9.17, 15) is 45.7 Å². The molecule has 0 fully saturated rings. The number of fused-ring (bicyclic) bond motifs is 1. The standard InChI is InChI=1S/C42H46N10O10S2/c1-25-17-26(2)38(27(3)18-25)63(58,59)51-33(41(56)57)23-47-40(55)32-24-52(34-19-28(9-11-31(34)37(32)53)20-48-42-44-14-15-45-42)16-6-13-43-39(54)30-10-12-36(46-21-30)50-49-22-29-7-4-5-8-35(29)64(60,61)62/h4-5,7-12,14-15,17-19,21,24,33,49,51H,6,13,16,20,22-23H2,1-3H3,(H,43,54)(H,46,50)(H,47,55)(H,56,57)(H2,44,45,48)(H,60,61,62)/t33-/m0/s1. The van der Waals surface area contributed by atoms with Crippen LogP contribution in [0.1, 0.15) is 55.0 Å². The van der Waals surface area contributed by atoms with E-state index in [-0.39, 0.29) is 45.9 Å². The third-order valence-electron chi connectivity index (χ3n) is 9.92. The molecule has 3 aromatic carbocycles. The van der Waals surface area contributed by atoms with Crippen LogP contribution in [0.4, 0.5) is 11.8 Å². The Morgan fingerprint density at radius 3 is 2.31 bits per heavy atom. The molecule has 2 amide bonds. The number of hydrogen-bond donors (Lipinski definition) is 9. The Bertz CT molecular complexity index is 2960. The molecule has 6 aromatic rings. The second kappa shape index (κ2) is 20.0. The minimum Gasteiger partial charge on any atom is -0.480 e. The molecule has 0 bridgehead atoms. The fourth-order valence-electron chi connectivity index (χ4n) is 7.03. The third kappa shape index (κ3) is 11.5. The molecule has 22 heteroatoms. The first-order chi connectivity index (χ1) is 30.4. The van der Waals surface area contributed by atoms with E-state index in [2.05, 4.69) is 46.5 Å². The summed E-state index contributed by atoms with van der Waals surface area (Å²) >= 11 is 0. The van der Waals surface area contributed by atoms with Crippen LogP contribution < -0.4 is 37.0 Å². The van der Waals surface area contributed by atoms with Crippen LogP contribution in [0.3, 0.4) is 0 Å². The molecular formula is C42H46N10O10S2. The summed E-state index contributed by atoms with van der Waals surface area (Å²) in [5.74, 6) is -2.03. The molecule has 3 aromatic heterocycles. The average Bonchev–Trinajstić information content (AvgIpc) is 3.77. The van der Waals surface area contributed by atoms with Gasteiger partial charge in [-0.1, -0.05) is 42.0 Å². The van der Waals surface area contributed by atoms with Gasteiger partial charge in [0.1, 0.15) is 17.4 Å². The van der Waals surface area contributed by atoms with Crippen molar-refractivity contribution in [3.8, 4) is 0 Å². The number of carbonyl (C=O) groups is 3. The van der Waals surface area contributed by atoms with Crippen LogP contribution in [-0.2, 0) is 44.6 Å². The second-order valence-electron chi connectivity index (χ2n) is 14.8. The van der Waals surface area contributed by atoms with E-state index in [0.717, 1.165) is 11.1 Å². The van der Waals surface area contributed by atoms with Crippen molar-refractivity contribution >= 4 is 60.6 Å². The summed E-state index contributed by atoms with van der Waals surface area (Å²) < 4.78 is 63.4. The number of amides is 2. The molecule has 6 rings (SSSR count). The van der Waals surface area contributed by atoms with Gasteiger partial charge in [0, 0.05) is 62.9 Å². The van der Waals surface area contributed by atoms with Crippen LogP contribution in [0.25, 0.3) is 10.9 Å². The highest BCUT2D eigenvalue weighted by atomic mass is 32.2. The molecule has 0 radical (unpaired) electrons. The number of hydrazine groups is 1. The number of carboxylic acid groups (broad SMARTS) is 1. The molecule has 336 valence electrons. The quantitative estimate of drug-likeness (QED) is 0.0302. The number of pyridine rings is 2. The van der Waals surface area contributed by atoms with E-state index in [1.54, 1.807) is 74.1 Å². The van der Waals surface area contributed by atoms with Crippen molar-refractivity contribution in [2.45, 2.75) is 62.7 Å². The number of carboxylic acids is 1. The molecule has 64 heavy (non-hydrogen) atoms. The van der Waals surface area contributed by atoms with Gasteiger partial charge in [-0.2, -0.15) is 13.1 Å². The van der Waals surface area contributed by atoms with Gasteiger partial charge in [0.25, 0.3) is 21.9 Å². The second-order valence-corrected chi connectivity index (χ2v) is 17.8. The number of carbonyl (C=O) groups excluding carboxylic acids is 2. The molecule has 9 N–H and O–H groups in total. The lowest BCUT2D eigenvalue weighted by molar-refractivity contribution is -0.138. The number of sulfonamides is 1. The number of hydrogen-bond acceptors (Lipinski definition) is 13. The van der Waals surface area contributed by atoms with Gasteiger partial charge in [-0.25, -0.2) is 23.8 Å². The molecule has 0 unspecified atom stereocenters. The zero-order chi connectivity index (χ0) is 46.2. The maximum atomic E-state index is 13.8. The Labute approximate surface area is 367 Å². The van der Waals surface area contributed by atoms with Crippen molar-refractivity contribution in [1.29, 1.82) is 0 Å². The van der Waals surface area contributed by atoms with Crippen molar-refractivity contribution in [3.05, 3.63) is 141 Å². The number of aryl methyl sites for hydroxylation is 4. The lowest BCUT2D eigenvalue weighted by Crippen LogP contribution is -2.49. The van der Waals surface area contributed by atoms with Gasteiger partial charge in [0.05, 0.1) is 20.9 Å². The number of nitrogens with zero attached hydrogens (tertiary/aromatic N) is 3. The van der Waals surface area contributed by atoms with Crippen LogP contribution >= 0.6 is 0 Å². The molecule has 0 aliphatic heterocycles. The van der Waals surface area contributed by atoms with E-state index < -0.39 is 55.9 Å². The normalized spacial score (nSPS) is 12.1. The molecule has 0 saturated heterocycles. The predicted octanol–water partition coefficient (Wildman–Crippen LogP) is 3.00. The number of anilines is 2. The monoisotopic (exact) mass is 914 g/mol. The van der Waals surface area contributed by atoms with Gasteiger partial charge in [0.2, 0.25) is 15.5 Å². The van der Waals surface area contributed by atoms with Crippen molar-refractivity contribution in [2.75, 3.05) is 23.8 Å². The first-order valence-corrected chi connectivity index (χ1v) is 22.6. The lowest BCUT2D eigenvalue weighted by atomic mass is 10.1. The Hall–Kier alpha value is -6.98. The topological polar surface area (TPSA) is 296 Å². The van der Waals surface area contributed by atoms with Gasteiger partial charge >= 0.3 is 5.97 Å². The lowest BCUT2D eigenvalue weighted by Gasteiger charge is -2.19. The molecule has 20 nitrogen and oxygen atoms in total. The highest BCUT2D eigenvalue weighted by Gasteiger charge is 2.29.